The van der Waals surface area contributed by atoms with Gasteiger partial charge in [-0.15, -0.1) is 0 Å². The minimum absolute atomic E-state index is 0.0765. The van der Waals surface area contributed by atoms with E-state index in [4.69, 9.17) is 9.47 Å². The maximum Gasteiger partial charge on any atom is 0.255 e. The number of carbonyl (C=O) groups is 1. The molecule has 0 spiro atoms. The van der Waals surface area contributed by atoms with E-state index in [2.05, 4.69) is 0 Å². The summed E-state index contributed by atoms with van der Waals surface area (Å²) in [6.45, 7) is 3.05. The first kappa shape index (κ1) is 12.3. The van der Waals surface area contributed by atoms with E-state index in [1.807, 2.05) is 0 Å². The molecule has 4 atom stereocenters. The summed E-state index contributed by atoms with van der Waals surface area (Å²) in [4.78, 5) is 13.5. The second-order valence-corrected chi connectivity index (χ2v) is 5.63. The predicted molar refractivity (Wildman–Crippen MR) is 57.1 cm³/mol. The molecule has 0 aliphatic carbocycles. The van der Waals surface area contributed by atoms with E-state index in [0.717, 1.165) is 0 Å². The van der Waals surface area contributed by atoms with Crippen molar-refractivity contribution in [1.82, 2.24) is 4.90 Å². The normalized spacial score (nSPS) is 44.3. The lowest BCUT2D eigenvalue weighted by Gasteiger charge is -2.30. The second-order valence-electron chi connectivity index (χ2n) is 5.63. The Morgan fingerprint density at radius 2 is 2.06 bits per heavy atom. The number of rotatable bonds is 1. The Bertz CT molecular complexity index is 395. The zero-order chi connectivity index (χ0) is 13.3. The van der Waals surface area contributed by atoms with Crippen molar-refractivity contribution in [3.8, 4) is 0 Å². The Hall–Kier alpha value is -0.730. The summed E-state index contributed by atoms with van der Waals surface area (Å²) in [5.41, 5.74) is 0. The van der Waals surface area contributed by atoms with Gasteiger partial charge >= 0.3 is 0 Å². The van der Waals surface area contributed by atoms with E-state index in [1.165, 1.54) is 4.90 Å². The number of hydrogen-bond acceptors (Lipinski definition) is 6. The SMILES string of the molecule is CC1(C)OC2C(=O)N3C(CO)CC(O)(O)C3C2O1. The van der Waals surface area contributed by atoms with Gasteiger partial charge in [-0.1, -0.05) is 0 Å². The van der Waals surface area contributed by atoms with Gasteiger partial charge in [-0.2, -0.15) is 0 Å². The Balaban J connectivity index is 1.97. The van der Waals surface area contributed by atoms with Crippen molar-refractivity contribution < 1.29 is 29.6 Å². The number of nitrogens with zero attached hydrogens (tertiary/aromatic N) is 1. The first-order valence-corrected chi connectivity index (χ1v) is 6.00. The number of fused-ring (bicyclic) bond motifs is 3. The van der Waals surface area contributed by atoms with Crippen molar-refractivity contribution in [3.05, 3.63) is 0 Å². The average Bonchev–Trinajstić information content (AvgIpc) is 2.78. The van der Waals surface area contributed by atoms with E-state index in [0.29, 0.717) is 0 Å². The highest BCUT2D eigenvalue weighted by Crippen LogP contribution is 2.46. The fourth-order valence-corrected chi connectivity index (χ4v) is 3.26. The zero-order valence-electron chi connectivity index (χ0n) is 10.2. The van der Waals surface area contributed by atoms with Gasteiger partial charge in [-0.05, 0) is 13.8 Å². The lowest BCUT2D eigenvalue weighted by atomic mass is 10.0. The van der Waals surface area contributed by atoms with E-state index < -0.39 is 35.9 Å². The molecule has 4 unspecified atom stereocenters. The molecule has 1 amide bonds. The van der Waals surface area contributed by atoms with Gasteiger partial charge in [-0.25, -0.2) is 0 Å². The topological polar surface area (TPSA) is 99.5 Å². The van der Waals surface area contributed by atoms with Crippen LogP contribution in [0, 0.1) is 0 Å². The second kappa shape index (κ2) is 3.43. The summed E-state index contributed by atoms with van der Waals surface area (Å²) in [6.07, 6.45) is -1.61. The summed E-state index contributed by atoms with van der Waals surface area (Å²) < 4.78 is 11.1. The van der Waals surface area contributed by atoms with Gasteiger partial charge in [0.1, 0.15) is 12.1 Å². The smallest absolute Gasteiger partial charge is 0.255 e. The molecule has 18 heavy (non-hydrogen) atoms. The highest BCUT2D eigenvalue weighted by Gasteiger charge is 2.68. The zero-order valence-corrected chi connectivity index (χ0v) is 10.2. The molecule has 0 bridgehead atoms. The van der Waals surface area contributed by atoms with Gasteiger partial charge in [0.2, 0.25) is 0 Å². The molecule has 0 aromatic rings. The van der Waals surface area contributed by atoms with Gasteiger partial charge in [-0.3, -0.25) is 4.79 Å². The van der Waals surface area contributed by atoms with Crippen LogP contribution in [-0.4, -0.2) is 68.6 Å². The third-order valence-corrected chi connectivity index (χ3v) is 3.85. The number of aliphatic hydroxyl groups is 3. The molecule has 0 aromatic heterocycles. The summed E-state index contributed by atoms with van der Waals surface area (Å²) in [6, 6.07) is -1.48. The van der Waals surface area contributed by atoms with Crippen LogP contribution in [0.2, 0.25) is 0 Å². The summed E-state index contributed by atoms with van der Waals surface area (Å²) in [5.74, 6) is -3.31. The van der Waals surface area contributed by atoms with E-state index in [-0.39, 0.29) is 18.9 Å². The van der Waals surface area contributed by atoms with Crippen molar-refractivity contribution in [2.45, 2.75) is 56.1 Å². The minimum atomic E-state index is -2.05. The van der Waals surface area contributed by atoms with Crippen molar-refractivity contribution in [3.63, 3.8) is 0 Å². The molecule has 0 radical (unpaired) electrons. The van der Waals surface area contributed by atoms with Crippen LogP contribution in [0.25, 0.3) is 0 Å². The van der Waals surface area contributed by atoms with E-state index in [1.54, 1.807) is 13.8 Å². The van der Waals surface area contributed by atoms with Crippen LogP contribution >= 0.6 is 0 Å². The van der Waals surface area contributed by atoms with Crippen molar-refractivity contribution in [2.24, 2.45) is 0 Å². The molecule has 102 valence electrons. The largest absolute Gasteiger partial charge is 0.394 e. The van der Waals surface area contributed by atoms with Crippen molar-refractivity contribution in [2.75, 3.05) is 6.61 Å². The number of hydrogen-bond donors (Lipinski definition) is 3. The van der Waals surface area contributed by atoms with Gasteiger partial charge in [0.05, 0.1) is 12.6 Å². The highest BCUT2D eigenvalue weighted by molar-refractivity contribution is 5.86. The first-order chi connectivity index (χ1) is 8.27. The maximum absolute atomic E-state index is 12.2. The van der Waals surface area contributed by atoms with Crippen LogP contribution in [0.4, 0.5) is 0 Å². The summed E-state index contributed by atoms with van der Waals surface area (Å²) in [5, 5.41) is 29.3. The first-order valence-electron chi connectivity index (χ1n) is 6.00. The number of amides is 1. The van der Waals surface area contributed by atoms with Gasteiger partial charge < -0.3 is 29.7 Å². The van der Waals surface area contributed by atoms with Crippen LogP contribution in [0.5, 0.6) is 0 Å². The third-order valence-electron chi connectivity index (χ3n) is 3.85. The summed E-state index contributed by atoms with van der Waals surface area (Å²) in [7, 11) is 0. The average molecular weight is 259 g/mol. The maximum atomic E-state index is 12.2. The molecular formula is C11H17NO6. The molecule has 3 saturated heterocycles. The molecule has 0 aromatic carbocycles. The highest BCUT2D eigenvalue weighted by atomic mass is 16.8. The monoisotopic (exact) mass is 259 g/mol. The molecule has 3 heterocycles. The fraction of sp³-hybridized carbons (Fsp3) is 0.909. The number of ether oxygens (including phenoxy) is 2. The minimum Gasteiger partial charge on any atom is -0.394 e. The summed E-state index contributed by atoms with van der Waals surface area (Å²) >= 11 is 0. The molecule has 0 saturated carbocycles. The molecule has 3 rings (SSSR count). The number of carbonyl (C=O) groups excluding carboxylic acids is 1. The van der Waals surface area contributed by atoms with Gasteiger partial charge in [0.15, 0.2) is 17.7 Å². The Labute approximate surface area is 104 Å². The van der Waals surface area contributed by atoms with Gasteiger partial charge in [0, 0.05) is 6.42 Å². The van der Waals surface area contributed by atoms with Crippen LogP contribution in [0.15, 0.2) is 0 Å². The quantitative estimate of drug-likeness (QED) is 0.479. The Morgan fingerprint density at radius 1 is 1.39 bits per heavy atom. The van der Waals surface area contributed by atoms with Crippen LogP contribution < -0.4 is 0 Å². The lowest BCUT2D eigenvalue weighted by Crippen LogP contribution is -2.49. The predicted octanol–water partition coefficient (Wildman–Crippen LogP) is -1.84. The molecule has 7 nitrogen and oxygen atoms in total. The fourth-order valence-electron chi connectivity index (χ4n) is 3.26. The molecule has 3 aliphatic rings. The van der Waals surface area contributed by atoms with E-state index in [9.17, 15) is 20.1 Å². The molecular weight excluding hydrogens is 242 g/mol. The van der Waals surface area contributed by atoms with Crippen molar-refractivity contribution in [1.29, 1.82) is 0 Å². The Morgan fingerprint density at radius 3 is 2.67 bits per heavy atom. The molecule has 7 heteroatoms. The van der Waals surface area contributed by atoms with Gasteiger partial charge in [0.25, 0.3) is 5.91 Å². The lowest BCUT2D eigenvalue weighted by molar-refractivity contribution is -0.211. The Kier molecular flexibility index (Phi) is 2.34. The molecule has 3 N–H and O–H groups in total. The van der Waals surface area contributed by atoms with Crippen LogP contribution in [0.1, 0.15) is 20.3 Å². The van der Waals surface area contributed by atoms with Crippen LogP contribution in [-0.2, 0) is 14.3 Å². The molecule has 3 aliphatic heterocycles. The molecule has 3 fully saturated rings. The third kappa shape index (κ3) is 1.45. The van der Waals surface area contributed by atoms with E-state index >= 15 is 0 Å². The standard InChI is InChI=1S/C11H17NO6/c1-10(2)17-6-7(18-10)9(14)12-5(4-13)3-11(15,16)8(6)12/h5-8,13,15-16H,3-4H2,1-2H3. The number of aliphatic hydroxyl groups excluding tert-OH is 1. The van der Waals surface area contributed by atoms with Crippen LogP contribution in [0.3, 0.4) is 0 Å². The van der Waals surface area contributed by atoms with Crippen molar-refractivity contribution >= 4 is 5.91 Å².